The molecule has 28 heavy (non-hydrogen) atoms. The van der Waals surface area contributed by atoms with Crippen molar-refractivity contribution in [2.45, 2.75) is 45.3 Å². The summed E-state index contributed by atoms with van der Waals surface area (Å²) in [5.74, 6) is 0. The van der Waals surface area contributed by atoms with Gasteiger partial charge in [-0.25, -0.2) is 4.79 Å². The molecule has 0 aliphatic heterocycles. The molecule has 0 spiro atoms. The lowest BCUT2D eigenvalue weighted by Gasteiger charge is -2.24. The molecule has 3 aromatic rings. The highest BCUT2D eigenvalue weighted by molar-refractivity contribution is 5.89. The van der Waals surface area contributed by atoms with E-state index in [2.05, 4.69) is 71.5 Å². The van der Waals surface area contributed by atoms with Crippen LogP contribution in [0, 0.1) is 0 Å². The number of aryl methyl sites for hydroxylation is 1. The van der Waals surface area contributed by atoms with Crippen LogP contribution in [0.1, 0.15) is 36.6 Å². The predicted molar refractivity (Wildman–Crippen MR) is 113 cm³/mol. The second-order valence-corrected chi connectivity index (χ2v) is 7.46. The van der Waals surface area contributed by atoms with Crippen LogP contribution < -0.4 is 5.32 Å². The van der Waals surface area contributed by atoms with Gasteiger partial charge in [0, 0.05) is 30.2 Å². The van der Waals surface area contributed by atoms with Gasteiger partial charge in [-0.1, -0.05) is 49.4 Å². The van der Waals surface area contributed by atoms with Gasteiger partial charge in [-0.15, -0.1) is 0 Å². The van der Waals surface area contributed by atoms with Crippen molar-refractivity contribution >= 4 is 11.7 Å². The normalized spacial score (nSPS) is 13.3. The number of carbonyl (C=O) groups is 1. The van der Waals surface area contributed by atoms with Crippen molar-refractivity contribution in [1.29, 1.82) is 0 Å². The van der Waals surface area contributed by atoms with Gasteiger partial charge in [0.25, 0.3) is 0 Å². The Labute approximate surface area is 166 Å². The average molecular weight is 374 g/mol. The van der Waals surface area contributed by atoms with E-state index < -0.39 is 0 Å². The molecule has 4 rings (SSSR count). The molecule has 1 N–H and O–H groups in total. The number of nitrogens with zero attached hydrogens (tertiary/aromatic N) is 2. The van der Waals surface area contributed by atoms with Gasteiger partial charge < -0.3 is 14.8 Å². The van der Waals surface area contributed by atoms with Crippen molar-refractivity contribution < 1.29 is 4.79 Å². The Kier molecular flexibility index (Phi) is 5.47. The summed E-state index contributed by atoms with van der Waals surface area (Å²) in [5, 5.41) is 3.10. The zero-order chi connectivity index (χ0) is 19.3. The number of benzene rings is 2. The molecule has 2 amide bonds. The summed E-state index contributed by atoms with van der Waals surface area (Å²) in [5.41, 5.74) is 4.52. The lowest BCUT2D eigenvalue weighted by Crippen LogP contribution is -2.36. The fourth-order valence-electron chi connectivity index (χ4n) is 3.52. The fourth-order valence-corrected chi connectivity index (χ4v) is 3.52. The molecule has 1 heterocycles. The standard InChI is InChI=1S/C24H27N3O/c1-2-19-10-6-11-21(16-19)25-24(28)27(22-13-14-22)18-23-12-7-15-26(23)17-20-8-4-3-5-9-20/h3-12,15-16,22H,2,13-14,17-18H2,1H3,(H,25,28). The Bertz CT molecular complexity index is 928. The molecule has 1 aliphatic carbocycles. The number of hydrogen-bond donors (Lipinski definition) is 1. The van der Waals surface area contributed by atoms with Gasteiger partial charge in [-0.2, -0.15) is 0 Å². The van der Waals surface area contributed by atoms with E-state index in [1.807, 2.05) is 23.1 Å². The summed E-state index contributed by atoms with van der Waals surface area (Å²) in [4.78, 5) is 15.0. The first-order valence-electron chi connectivity index (χ1n) is 10.1. The van der Waals surface area contributed by atoms with Crippen LogP contribution >= 0.6 is 0 Å². The second-order valence-electron chi connectivity index (χ2n) is 7.46. The average Bonchev–Trinajstić information content (AvgIpc) is 3.47. The number of rotatable bonds is 7. The molecule has 0 bridgehead atoms. The van der Waals surface area contributed by atoms with Gasteiger partial charge in [-0.05, 0) is 54.7 Å². The molecule has 0 atom stereocenters. The van der Waals surface area contributed by atoms with Crippen molar-refractivity contribution in [1.82, 2.24) is 9.47 Å². The van der Waals surface area contributed by atoms with E-state index in [0.29, 0.717) is 12.6 Å². The molecule has 1 aliphatic rings. The first kappa shape index (κ1) is 18.4. The zero-order valence-electron chi connectivity index (χ0n) is 16.3. The Hall–Kier alpha value is -3.01. The van der Waals surface area contributed by atoms with E-state index in [4.69, 9.17) is 0 Å². The molecule has 1 saturated carbocycles. The van der Waals surface area contributed by atoms with Crippen LogP contribution in [0.2, 0.25) is 0 Å². The molecule has 0 radical (unpaired) electrons. The number of amides is 2. The summed E-state index contributed by atoms with van der Waals surface area (Å²) < 4.78 is 2.23. The van der Waals surface area contributed by atoms with Crippen molar-refractivity contribution in [2.24, 2.45) is 0 Å². The minimum Gasteiger partial charge on any atom is -0.345 e. The number of carbonyl (C=O) groups excluding carboxylic acids is 1. The van der Waals surface area contributed by atoms with E-state index in [1.54, 1.807) is 0 Å². The summed E-state index contributed by atoms with van der Waals surface area (Å²) >= 11 is 0. The summed E-state index contributed by atoms with van der Waals surface area (Å²) in [6.07, 6.45) is 5.22. The van der Waals surface area contributed by atoms with E-state index in [1.165, 1.54) is 11.1 Å². The Morgan fingerprint density at radius 3 is 2.57 bits per heavy atom. The molecule has 4 heteroatoms. The van der Waals surface area contributed by atoms with E-state index in [0.717, 1.165) is 37.2 Å². The minimum absolute atomic E-state index is 0.0109. The van der Waals surface area contributed by atoms with Crippen LogP contribution in [0.15, 0.2) is 72.9 Å². The number of hydrogen-bond acceptors (Lipinski definition) is 1. The van der Waals surface area contributed by atoms with Gasteiger partial charge in [0.15, 0.2) is 0 Å². The van der Waals surface area contributed by atoms with Gasteiger partial charge in [-0.3, -0.25) is 0 Å². The van der Waals surface area contributed by atoms with Gasteiger partial charge in [0.05, 0.1) is 6.54 Å². The fraction of sp³-hybridized carbons (Fsp3) is 0.292. The van der Waals surface area contributed by atoms with E-state index in [-0.39, 0.29) is 6.03 Å². The maximum absolute atomic E-state index is 13.0. The van der Waals surface area contributed by atoms with Crippen LogP contribution in [-0.4, -0.2) is 21.5 Å². The van der Waals surface area contributed by atoms with Crippen molar-refractivity contribution in [3.8, 4) is 0 Å². The van der Waals surface area contributed by atoms with Crippen molar-refractivity contribution in [2.75, 3.05) is 5.32 Å². The first-order valence-corrected chi connectivity index (χ1v) is 10.1. The highest BCUT2D eigenvalue weighted by atomic mass is 16.2. The largest absolute Gasteiger partial charge is 0.345 e. The molecule has 0 unspecified atom stereocenters. The van der Waals surface area contributed by atoms with Gasteiger partial charge >= 0.3 is 6.03 Å². The SMILES string of the molecule is CCc1cccc(NC(=O)N(Cc2cccn2Cc2ccccc2)C2CC2)c1. The highest BCUT2D eigenvalue weighted by Crippen LogP contribution is 2.29. The van der Waals surface area contributed by atoms with Gasteiger partial charge in [0.2, 0.25) is 0 Å². The Balaban J connectivity index is 1.47. The summed E-state index contributed by atoms with van der Waals surface area (Å²) in [6, 6.07) is 23.0. The van der Waals surface area contributed by atoms with Crippen LogP contribution in [0.25, 0.3) is 0 Å². The lowest BCUT2D eigenvalue weighted by atomic mass is 10.1. The van der Waals surface area contributed by atoms with E-state index in [9.17, 15) is 4.79 Å². The molecule has 1 aromatic heterocycles. The lowest BCUT2D eigenvalue weighted by molar-refractivity contribution is 0.204. The second kappa shape index (κ2) is 8.34. The molecule has 1 fully saturated rings. The van der Waals surface area contributed by atoms with Crippen LogP contribution in [-0.2, 0) is 19.5 Å². The molecule has 0 saturated heterocycles. The zero-order valence-corrected chi connectivity index (χ0v) is 16.3. The molecule has 2 aromatic carbocycles. The maximum Gasteiger partial charge on any atom is 0.322 e. The molecular weight excluding hydrogens is 346 g/mol. The predicted octanol–water partition coefficient (Wildman–Crippen LogP) is 5.30. The smallest absolute Gasteiger partial charge is 0.322 e. The van der Waals surface area contributed by atoms with Crippen LogP contribution in [0.5, 0.6) is 0 Å². The summed E-state index contributed by atoms with van der Waals surface area (Å²) in [7, 11) is 0. The third kappa shape index (κ3) is 4.45. The van der Waals surface area contributed by atoms with Gasteiger partial charge in [0.1, 0.15) is 0 Å². The topological polar surface area (TPSA) is 37.3 Å². The number of aromatic nitrogens is 1. The third-order valence-electron chi connectivity index (χ3n) is 5.29. The third-order valence-corrected chi connectivity index (χ3v) is 5.29. The van der Waals surface area contributed by atoms with Crippen LogP contribution in [0.4, 0.5) is 10.5 Å². The Morgan fingerprint density at radius 2 is 1.82 bits per heavy atom. The van der Waals surface area contributed by atoms with E-state index >= 15 is 0 Å². The number of urea groups is 1. The summed E-state index contributed by atoms with van der Waals surface area (Å²) in [6.45, 7) is 3.57. The maximum atomic E-state index is 13.0. The molecule has 144 valence electrons. The first-order chi connectivity index (χ1) is 13.7. The number of nitrogens with one attached hydrogen (secondary N) is 1. The van der Waals surface area contributed by atoms with Crippen molar-refractivity contribution in [3.05, 3.63) is 89.7 Å². The van der Waals surface area contributed by atoms with Crippen molar-refractivity contribution in [3.63, 3.8) is 0 Å². The Morgan fingerprint density at radius 1 is 1.04 bits per heavy atom. The molecular formula is C24H27N3O. The quantitative estimate of drug-likeness (QED) is 0.600. The monoisotopic (exact) mass is 373 g/mol. The minimum atomic E-state index is -0.0109. The molecule has 4 nitrogen and oxygen atoms in total. The highest BCUT2D eigenvalue weighted by Gasteiger charge is 2.33. The van der Waals surface area contributed by atoms with Crippen LogP contribution in [0.3, 0.4) is 0 Å². The number of anilines is 1.